The van der Waals surface area contributed by atoms with Crippen molar-refractivity contribution >= 4 is 29.8 Å². The van der Waals surface area contributed by atoms with Gasteiger partial charge < -0.3 is 35.1 Å². The van der Waals surface area contributed by atoms with Crippen LogP contribution in [0.15, 0.2) is 42.1 Å². The number of amides is 2. The number of rotatable bonds is 12. The molecular formula is C24H25FN2O9. The molecule has 0 saturated heterocycles. The summed E-state index contributed by atoms with van der Waals surface area (Å²) < 4.78 is 29.0. The summed E-state index contributed by atoms with van der Waals surface area (Å²) in [6.07, 6.45) is 0.313. The molecule has 0 aliphatic heterocycles. The van der Waals surface area contributed by atoms with Crippen LogP contribution in [0.3, 0.4) is 0 Å². The second-order valence-electron chi connectivity index (χ2n) is 7.27. The summed E-state index contributed by atoms with van der Waals surface area (Å²) in [5.74, 6) is -4.42. The van der Waals surface area contributed by atoms with E-state index in [1.54, 1.807) is 0 Å². The number of ether oxygens (including phenoxy) is 3. The van der Waals surface area contributed by atoms with Crippen LogP contribution in [-0.4, -0.2) is 61.3 Å². The van der Waals surface area contributed by atoms with Crippen LogP contribution in [0.4, 0.5) is 4.39 Å². The molecule has 0 spiro atoms. The van der Waals surface area contributed by atoms with Crippen molar-refractivity contribution in [2.75, 3.05) is 21.3 Å². The molecule has 2 amide bonds. The van der Waals surface area contributed by atoms with Crippen molar-refractivity contribution in [3.8, 4) is 17.2 Å². The van der Waals surface area contributed by atoms with Crippen molar-refractivity contribution < 1.29 is 48.0 Å². The van der Waals surface area contributed by atoms with Gasteiger partial charge in [0.05, 0.1) is 21.3 Å². The molecule has 12 heteroatoms. The first-order valence-electron chi connectivity index (χ1n) is 10.4. The smallest absolute Gasteiger partial charge is 0.326 e. The van der Waals surface area contributed by atoms with Crippen LogP contribution in [0.25, 0.3) is 6.08 Å². The zero-order valence-corrected chi connectivity index (χ0v) is 19.7. The monoisotopic (exact) mass is 504 g/mol. The van der Waals surface area contributed by atoms with E-state index in [0.29, 0.717) is 5.56 Å². The third-order valence-corrected chi connectivity index (χ3v) is 4.85. The maximum Gasteiger partial charge on any atom is 0.326 e. The zero-order valence-electron chi connectivity index (χ0n) is 19.7. The van der Waals surface area contributed by atoms with E-state index < -0.39 is 42.0 Å². The average Bonchev–Trinajstić information content (AvgIpc) is 2.85. The van der Waals surface area contributed by atoms with Crippen molar-refractivity contribution in [3.63, 3.8) is 0 Å². The highest BCUT2D eigenvalue weighted by Crippen LogP contribution is 2.38. The largest absolute Gasteiger partial charge is 0.493 e. The highest BCUT2D eigenvalue weighted by molar-refractivity contribution is 6.06. The first-order valence-corrected chi connectivity index (χ1v) is 10.4. The average molecular weight is 504 g/mol. The third-order valence-electron chi connectivity index (χ3n) is 4.85. The van der Waals surface area contributed by atoms with Crippen LogP contribution in [-0.2, 0) is 14.4 Å². The quantitative estimate of drug-likeness (QED) is 0.317. The summed E-state index contributed by atoms with van der Waals surface area (Å²) in [6, 6.07) is 6.10. The Hall–Kier alpha value is -4.61. The Morgan fingerprint density at radius 1 is 0.972 bits per heavy atom. The van der Waals surface area contributed by atoms with Crippen molar-refractivity contribution in [2.45, 2.75) is 18.9 Å². The fourth-order valence-corrected chi connectivity index (χ4v) is 3.05. The summed E-state index contributed by atoms with van der Waals surface area (Å²) >= 11 is 0. The predicted octanol–water partition coefficient (Wildman–Crippen LogP) is 2.06. The SMILES string of the molecule is COc1cc(C(=O)N/C(=C/c2ccc(F)cc2)C(=O)N[C@@H](CCC(=O)O)C(=O)O)cc(OC)c1OC. The van der Waals surface area contributed by atoms with E-state index in [-0.39, 0.29) is 34.9 Å². The molecule has 4 N–H and O–H groups in total. The number of carboxylic acid groups (broad SMARTS) is 2. The number of methoxy groups -OCH3 is 3. The fraction of sp³-hybridized carbons (Fsp3) is 0.250. The Balaban J connectivity index is 2.42. The maximum absolute atomic E-state index is 13.3. The molecule has 2 aromatic rings. The highest BCUT2D eigenvalue weighted by atomic mass is 19.1. The number of halogens is 1. The van der Waals surface area contributed by atoms with Crippen LogP contribution in [0, 0.1) is 5.82 Å². The summed E-state index contributed by atoms with van der Waals surface area (Å²) in [5.41, 5.74) is -0.0333. The molecule has 11 nitrogen and oxygen atoms in total. The lowest BCUT2D eigenvalue weighted by molar-refractivity contribution is -0.142. The molecule has 0 aliphatic carbocycles. The van der Waals surface area contributed by atoms with Crippen LogP contribution >= 0.6 is 0 Å². The summed E-state index contributed by atoms with van der Waals surface area (Å²) in [4.78, 5) is 48.3. The first kappa shape index (κ1) is 27.6. The lowest BCUT2D eigenvalue weighted by Gasteiger charge is -2.17. The van der Waals surface area contributed by atoms with Crippen molar-refractivity contribution in [3.05, 3.63) is 59.0 Å². The van der Waals surface area contributed by atoms with E-state index in [0.717, 1.165) is 12.1 Å². The third kappa shape index (κ3) is 7.45. The van der Waals surface area contributed by atoms with Gasteiger partial charge in [-0.25, -0.2) is 9.18 Å². The van der Waals surface area contributed by atoms with Gasteiger partial charge in [0, 0.05) is 12.0 Å². The standard InChI is InChI=1S/C24H25FN2O9/c1-34-18-11-14(12-19(35-2)21(18)36-3)22(30)27-17(10-13-4-6-15(25)7-5-13)23(31)26-16(24(32)33)8-9-20(28)29/h4-7,10-12,16H,8-9H2,1-3H3,(H,26,31)(H,27,30)(H,28,29)(H,32,33)/b17-10+/t16-/m0/s1. The first-order chi connectivity index (χ1) is 17.1. The number of aliphatic carboxylic acids is 2. The van der Waals surface area contributed by atoms with Crippen LogP contribution in [0.5, 0.6) is 17.2 Å². The normalized spacial score (nSPS) is 11.7. The zero-order chi connectivity index (χ0) is 26.8. The van der Waals surface area contributed by atoms with E-state index in [1.807, 2.05) is 0 Å². The Morgan fingerprint density at radius 2 is 1.56 bits per heavy atom. The molecule has 0 heterocycles. The molecule has 0 aliphatic rings. The summed E-state index contributed by atoms with van der Waals surface area (Å²) in [5, 5.41) is 22.8. The molecule has 0 unspecified atom stereocenters. The lowest BCUT2D eigenvalue weighted by Crippen LogP contribution is -2.44. The Morgan fingerprint density at radius 3 is 2.03 bits per heavy atom. The number of carbonyl (C=O) groups excluding carboxylic acids is 2. The van der Waals surface area contributed by atoms with Gasteiger partial charge in [-0.3, -0.25) is 14.4 Å². The number of benzene rings is 2. The van der Waals surface area contributed by atoms with Gasteiger partial charge >= 0.3 is 11.9 Å². The Kier molecular flexibility index (Phi) is 9.78. The highest BCUT2D eigenvalue weighted by Gasteiger charge is 2.25. The van der Waals surface area contributed by atoms with Gasteiger partial charge in [0.1, 0.15) is 17.6 Å². The van der Waals surface area contributed by atoms with Crippen LogP contribution in [0.2, 0.25) is 0 Å². The van der Waals surface area contributed by atoms with Gasteiger partial charge in [0.25, 0.3) is 11.8 Å². The summed E-state index contributed by atoms with van der Waals surface area (Å²) in [7, 11) is 4.10. The fourth-order valence-electron chi connectivity index (χ4n) is 3.05. The molecule has 1 atom stereocenters. The van der Waals surface area contributed by atoms with Gasteiger partial charge in [-0.2, -0.15) is 0 Å². The van der Waals surface area contributed by atoms with Gasteiger partial charge in [0.15, 0.2) is 11.5 Å². The molecule has 36 heavy (non-hydrogen) atoms. The molecule has 0 aromatic heterocycles. The second-order valence-corrected chi connectivity index (χ2v) is 7.27. The molecule has 0 fully saturated rings. The van der Waals surface area contributed by atoms with E-state index >= 15 is 0 Å². The number of carbonyl (C=O) groups is 4. The van der Waals surface area contributed by atoms with Crippen LogP contribution in [0.1, 0.15) is 28.8 Å². The second kappa shape index (κ2) is 12.7. The topological polar surface area (TPSA) is 160 Å². The molecule has 2 rings (SSSR count). The van der Waals surface area contributed by atoms with E-state index in [4.69, 9.17) is 19.3 Å². The predicted molar refractivity (Wildman–Crippen MR) is 124 cm³/mol. The minimum atomic E-state index is -1.54. The van der Waals surface area contributed by atoms with Crippen molar-refractivity contribution in [1.82, 2.24) is 10.6 Å². The van der Waals surface area contributed by atoms with E-state index in [2.05, 4.69) is 10.6 Å². The number of hydrogen-bond donors (Lipinski definition) is 4. The molecule has 0 bridgehead atoms. The maximum atomic E-state index is 13.3. The molecule has 0 saturated carbocycles. The van der Waals surface area contributed by atoms with Crippen molar-refractivity contribution in [2.24, 2.45) is 0 Å². The molecular weight excluding hydrogens is 479 g/mol. The number of carboxylic acids is 2. The van der Waals surface area contributed by atoms with Gasteiger partial charge in [-0.15, -0.1) is 0 Å². The molecule has 0 radical (unpaired) electrons. The van der Waals surface area contributed by atoms with Gasteiger partial charge in [-0.05, 0) is 42.3 Å². The number of nitrogens with one attached hydrogen (secondary N) is 2. The molecule has 2 aromatic carbocycles. The minimum Gasteiger partial charge on any atom is -0.493 e. The number of hydrogen-bond acceptors (Lipinski definition) is 7. The van der Waals surface area contributed by atoms with Gasteiger partial charge in [0.2, 0.25) is 5.75 Å². The Bertz CT molecular complexity index is 1140. The van der Waals surface area contributed by atoms with Crippen molar-refractivity contribution in [1.29, 1.82) is 0 Å². The van der Waals surface area contributed by atoms with Crippen LogP contribution < -0.4 is 24.8 Å². The van der Waals surface area contributed by atoms with E-state index in [9.17, 15) is 28.7 Å². The Labute approximate surface area is 205 Å². The molecule has 192 valence electrons. The lowest BCUT2D eigenvalue weighted by atomic mass is 10.1. The minimum absolute atomic E-state index is 0.0166. The van der Waals surface area contributed by atoms with E-state index in [1.165, 1.54) is 51.7 Å². The summed E-state index contributed by atoms with van der Waals surface area (Å²) in [6.45, 7) is 0. The van der Waals surface area contributed by atoms with Gasteiger partial charge in [-0.1, -0.05) is 12.1 Å².